The Bertz CT molecular complexity index is 369. The van der Waals surface area contributed by atoms with Crippen molar-refractivity contribution >= 4 is 25.1 Å². The van der Waals surface area contributed by atoms with Gasteiger partial charge in [0.05, 0.1) is 0 Å². The topological polar surface area (TPSA) is 123 Å². The molecule has 0 radical (unpaired) electrons. The lowest BCUT2D eigenvalue weighted by atomic mass is 10.3. The van der Waals surface area contributed by atoms with Crippen LogP contribution in [0.25, 0.3) is 0 Å². The number of nitrogens with one attached hydrogen (secondary N) is 4. The van der Waals surface area contributed by atoms with Gasteiger partial charge in [0, 0.05) is 72.4 Å². The van der Waals surface area contributed by atoms with E-state index in [4.69, 9.17) is 0 Å². The number of amides is 4. The summed E-state index contributed by atoms with van der Waals surface area (Å²) in [5, 5.41) is 10.6. The maximum atomic E-state index is 11.0. The smallest absolute Gasteiger partial charge is 0.216 e. The standard InChI is InChI=1S/C15H30N6O4/c1-15(25)19-5-9-21(8-4-18-14-24)11-10-20(6-2-16-12-22)7-3-17-13-23/h12-14H,2-11H2,1H3,(H,16,22)(H,17,23)(H,18,24)(H,19,25). The highest BCUT2D eigenvalue weighted by molar-refractivity contribution is 5.72. The van der Waals surface area contributed by atoms with Crippen LogP contribution < -0.4 is 21.3 Å². The molecule has 4 amide bonds. The van der Waals surface area contributed by atoms with Gasteiger partial charge < -0.3 is 21.3 Å². The molecule has 0 heterocycles. The first-order valence-corrected chi connectivity index (χ1v) is 8.34. The predicted molar refractivity (Wildman–Crippen MR) is 93.8 cm³/mol. The Morgan fingerprint density at radius 1 is 0.680 bits per heavy atom. The van der Waals surface area contributed by atoms with Gasteiger partial charge in [-0.05, 0) is 0 Å². The lowest BCUT2D eigenvalue weighted by molar-refractivity contribution is -0.119. The minimum atomic E-state index is -0.0764. The highest BCUT2D eigenvalue weighted by atomic mass is 16.1. The number of hydrogen-bond donors (Lipinski definition) is 4. The minimum absolute atomic E-state index is 0.0764. The zero-order chi connectivity index (χ0) is 18.8. The summed E-state index contributed by atoms with van der Waals surface area (Å²) < 4.78 is 0. The van der Waals surface area contributed by atoms with Gasteiger partial charge in [-0.3, -0.25) is 29.0 Å². The van der Waals surface area contributed by atoms with Crippen molar-refractivity contribution in [2.45, 2.75) is 6.92 Å². The lowest BCUT2D eigenvalue weighted by Crippen LogP contribution is -2.44. The fourth-order valence-corrected chi connectivity index (χ4v) is 2.19. The second kappa shape index (κ2) is 16.7. The van der Waals surface area contributed by atoms with Crippen molar-refractivity contribution < 1.29 is 19.2 Å². The van der Waals surface area contributed by atoms with Crippen molar-refractivity contribution in [3.8, 4) is 0 Å². The van der Waals surface area contributed by atoms with E-state index in [0.717, 1.165) is 13.1 Å². The first-order valence-electron chi connectivity index (χ1n) is 8.34. The molecule has 0 aliphatic carbocycles. The second-order valence-electron chi connectivity index (χ2n) is 5.38. The molecule has 0 atom stereocenters. The van der Waals surface area contributed by atoms with E-state index in [1.54, 1.807) is 0 Å². The largest absolute Gasteiger partial charge is 0.357 e. The molecule has 0 saturated heterocycles. The van der Waals surface area contributed by atoms with Crippen LogP contribution in [0.15, 0.2) is 0 Å². The van der Waals surface area contributed by atoms with Crippen molar-refractivity contribution in [2.75, 3.05) is 65.4 Å². The van der Waals surface area contributed by atoms with Crippen LogP contribution in [0.1, 0.15) is 6.92 Å². The van der Waals surface area contributed by atoms with Gasteiger partial charge in [-0.15, -0.1) is 0 Å². The number of carbonyl (C=O) groups is 4. The van der Waals surface area contributed by atoms with Crippen molar-refractivity contribution in [2.24, 2.45) is 0 Å². The molecule has 0 aromatic heterocycles. The third-order valence-electron chi connectivity index (χ3n) is 3.50. The van der Waals surface area contributed by atoms with Gasteiger partial charge in [0.25, 0.3) is 0 Å². The molecule has 0 bridgehead atoms. The van der Waals surface area contributed by atoms with Gasteiger partial charge in [-0.2, -0.15) is 0 Å². The third-order valence-corrected chi connectivity index (χ3v) is 3.50. The number of nitrogens with zero attached hydrogens (tertiary/aromatic N) is 2. The first kappa shape index (κ1) is 22.8. The molecule has 0 unspecified atom stereocenters. The van der Waals surface area contributed by atoms with Crippen molar-refractivity contribution in [1.82, 2.24) is 31.1 Å². The zero-order valence-electron chi connectivity index (χ0n) is 14.8. The normalized spacial score (nSPS) is 10.4. The number of carbonyl (C=O) groups excluding carboxylic acids is 4. The van der Waals surface area contributed by atoms with Crippen molar-refractivity contribution in [1.29, 1.82) is 0 Å². The van der Waals surface area contributed by atoms with E-state index in [2.05, 4.69) is 31.1 Å². The van der Waals surface area contributed by atoms with Crippen LogP contribution in [-0.4, -0.2) is 100 Å². The van der Waals surface area contributed by atoms with Gasteiger partial charge in [0.2, 0.25) is 25.1 Å². The first-order chi connectivity index (χ1) is 12.1. The highest BCUT2D eigenvalue weighted by Gasteiger charge is 2.09. The average Bonchev–Trinajstić information content (AvgIpc) is 2.58. The summed E-state index contributed by atoms with van der Waals surface area (Å²) in [6, 6.07) is 0. The van der Waals surface area contributed by atoms with Crippen molar-refractivity contribution in [3.63, 3.8) is 0 Å². The molecule has 0 spiro atoms. The summed E-state index contributed by atoms with van der Waals surface area (Å²) in [6.07, 6.45) is 1.98. The fourth-order valence-electron chi connectivity index (χ4n) is 2.19. The lowest BCUT2D eigenvalue weighted by Gasteiger charge is -2.27. The average molecular weight is 358 g/mol. The molecule has 0 aromatic rings. The summed E-state index contributed by atoms with van der Waals surface area (Å²) >= 11 is 0. The highest BCUT2D eigenvalue weighted by Crippen LogP contribution is 1.92. The minimum Gasteiger partial charge on any atom is -0.357 e. The Hall–Kier alpha value is -2.20. The van der Waals surface area contributed by atoms with E-state index in [9.17, 15) is 19.2 Å². The van der Waals surface area contributed by atoms with E-state index >= 15 is 0 Å². The molecular weight excluding hydrogens is 328 g/mol. The molecule has 25 heavy (non-hydrogen) atoms. The monoisotopic (exact) mass is 358 g/mol. The van der Waals surface area contributed by atoms with Gasteiger partial charge in [-0.1, -0.05) is 0 Å². The van der Waals surface area contributed by atoms with Crippen LogP contribution in [0.2, 0.25) is 0 Å². The Labute approximate surface area is 148 Å². The molecule has 0 saturated carbocycles. The molecule has 0 aromatic carbocycles. The SMILES string of the molecule is CC(=O)NCCN(CCNC=O)CCN(CCNC=O)CCNC=O. The maximum absolute atomic E-state index is 11.0. The fraction of sp³-hybridized carbons (Fsp3) is 0.733. The quantitative estimate of drug-likeness (QED) is 0.153. The van der Waals surface area contributed by atoms with E-state index in [-0.39, 0.29) is 5.91 Å². The van der Waals surface area contributed by atoms with Crippen molar-refractivity contribution in [3.05, 3.63) is 0 Å². The van der Waals surface area contributed by atoms with Crippen LogP contribution in [0.4, 0.5) is 0 Å². The molecular formula is C15H30N6O4. The van der Waals surface area contributed by atoms with Crippen LogP contribution in [0.5, 0.6) is 0 Å². The Kier molecular flexibility index (Phi) is 15.2. The van der Waals surface area contributed by atoms with Crippen LogP contribution in [0.3, 0.4) is 0 Å². The third kappa shape index (κ3) is 15.1. The zero-order valence-corrected chi connectivity index (χ0v) is 14.8. The molecule has 10 nitrogen and oxygen atoms in total. The number of hydrogen-bond acceptors (Lipinski definition) is 6. The van der Waals surface area contributed by atoms with Crippen LogP contribution in [0, 0.1) is 0 Å². The summed E-state index contributed by atoms with van der Waals surface area (Å²) in [5.41, 5.74) is 0. The van der Waals surface area contributed by atoms with Gasteiger partial charge in [0.15, 0.2) is 0 Å². The molecule has 0 fully saturated rings. The molecule has 0 aliphatic rings. The summed E-state index contributed by atoms with van der Waals surface area (Å²) in [5.74, 6) is -0.0764. The van der Waals surface area contributed by atoms with Gasteiger partial charge in [-0.25, -0.2) is 0 Å². The maximum Gasteiger partial charge on any atom is 0.216 e. The predicted octanol–water partition coefficient (Wildman–Crippen LogP) is -3.04. The van der Waals surface area contributed by atoms with E-state index in [1.807, 2.05) is 0 Å². The second-order valence-corrected chi connectivity index (χ2v) is 5.38. The summed E-state index contributed by atoms with van der Waals surface area (Å²) in [7, 11) is 0. The van der Waals surface area contributed by atoms with Gasteiger partial charge >= 0.3 is 0 Å². The summed E-state index contributed by atoms with van der Waals surface area (Å²) in [4.78, 5) is 46.4. The molecule has 0 aliphatic heterocycles. The molecule has 4 N–H and O–H groups in total. The van der Waals surface area contributed by atoms with E-state index in [0.29, 0.717) is 71.6 Å². The number of rotatable bonds is 18. The molecule has 144 valence electrons. The Balaban J connectivity index is 4.37. The molecule has 10 heteroatoms. The van der Waals surface area contributed by atoms with Crippen LogP contribution in [-0.2, 0) is 19.2 Å². The van der Waals surface area contributed by atoms with Crippen LogP contribution >= 0.6 is 0 Å². The van der Waals surface area contributed by atoms with E-state index in [1.165, 1.54) is 6.92 Å². The van der Waals surface area contributed by atoms with Gasteiger partial charge in [0.1, 0.15) is 0 Å². The Morgan fingerprint density at radius 2 is 1.04 bits per heavy atom. The van der Waals surface area contributed by atoms with E-state index < -0.39 is 0 Å². The molecule has 0 rings (SSSR count). The Morgan fingerprint density at radius 3 is 1.36 bits per heavy atom. The summed E-state index contributed by atoms with van der Waals surface area (Å²) in [6.45, 7) is 7.77.